The number of aryl methyl sites for hydroxylation is 1. The van der Waals surface area contributed by atoms with Crippen LogP contribution in [0.1, 0.15) is 70.4 Å². The van der Waals surface area contributed by atoms with Crippen molar-refractivity contribution in [3.8, 4) is 0 Å². The van der Waals surface area contributed by atoms with Crippen LogP contribution in [0, 0.1) is 12.3 Å². The first-order valence-electron chi connectivity index (χ1n) is 8.02. The van der Waals surface area contributed by atoms with E-state index in [0.717, 1.165) is 17.9 Å². The third kappa shape index (κ3) is 3.16. The maximum absolute atomic E-state index is 6.27. The fourth-order valence-corrected chi connectivity index (χ4v) is 2.98. The van der Waals surface area contributed by atoms with Crippen LogP contribution in [0.4, 0.5) is 0 Å². The van der Waals surface area contributed by atoms with E-state index in [2.05, 4.69) is 72.0 Å². The summed E-state index contributed by atoms with van der Waals surface area (Å²) in [4.78, 5) is 0. The standard InChI is InChI=1S/C19H29NO/c1-8-20-18(19(5,6)7)16-11-15-14(12(2)3)10-9-13(4)17(15)21-16/h9-12,18,20H,8H2,1-7H3. The normalized spacial score (nSPS) is 14.1. The third-order valence-electron chi connectivity index (χ3n) is 4.11. The van der Waals surface area contributed by atoms with Crippen molar-refractivity contribution in [2.24, 2.45) is 5.41 Å². The van der Waals surface area contributed by atoms with Crippen LogP contribution in [-0.2, 0) is 0 Å². The lowest BCUT2D eigenvalue weighted by Gasteiger charge is -2.29. The highest BCUT2D eigenvalue weighted by Gasteiger charge is 2.29. The molecule has 2 rings (SSSR count). The van der Waals surface area contributed by atoms with Gasteiger partial charge in [-0.25, -0.2) is 0 Å². The van der Waals surface area contributed by atoms with Crippen molar-refractivity contribution in [2.45, 2.75) is 60.4 Å². The lowest BCUT2D eigenvalue weighted by molar-refractivity contribution is 0.244. The Bertz CT molecular complexity index is 616. The molecule has 2 heteroatoms. The molecule has 0 radical (unpaired) electrons. The number of hydrogen-bond acceptors (Lipinski definition) is 2. The van der Waals surface area contributed by atoms with Crippen LogP contribution in [0.2, 0.25) is 0 Å². The number of rotatable bonds is 4. The maximum Gasteiger partial charge on any atom is 0.137 e. The van der Waals surface area contributed by atoms with Crippen LogP contribution in [0.5, 0.6) is 0 Å². The number of nitrogens with one attached hydrogen (secondary N) is 1. The highest BCUT2D eigenvalue weighted by atomic mass is 16.3. The molecule has 1 aromatic carbocycles. The van der Waals surface area contributed by atoms with E-state index in [9.17, 15) is 0 Å². The fraction of sp³-hybridized carbons (Fsp3) is 0.579. The number of hydrogen-bond donors (Lipinski definition) is 1. The highest BCUT2D eigenvalue weighted by molar-refractivity contribution is 5.85. The Kier molecular flexibility index (Phi) is 4.48. The van der Waals surface area contributed by atoms with Gasteiger partial charge >= 0.3 is 0 Å². The van der Waals surface area contributed by atoms with Crippen molar-refractivity contribution in [2.75, 3.05) is 6.54 Å². The van der Waals surface area contributed by atoms with Crippen molar-refractivity contribution < 1.29 is 4.42 Å². The predicted molar refractivity (Wildman–Crippen MR) is 90.9 cm³/mol. The average Bonchev–Trinajstić information content (AvgIpc) is 2.79. The predicted octanol–water partition coefficient (Wildman–Crippen LogP) is 5.56. The first-order valence-corrected chi connectivity index (χ1v) is 8.02. The molecule has 2 aromatic rings. The smallest absolute Gasteiger partial charge is 0.137 e. The van der Waals surface area contributed by atoms with Gasteiger partial charge in [0.2, 0.25) is 0 Å². The summed E-state index contributed by atoms with van der Waals surface area (Å²) >= 11 is 0. The highest BCUT2D eigenvalue weighted by Crippen LogP contribution is 2.38. The second-order valence-corrected chi connectivity index (χ2v) is 7.37. The summed E-state index contributed by atoms with van der Waals surface area (Å²) < 4.78 is 6.27. The Morgan fingerprint density at radius 2 is 1.86 bits per heavy atom. The molecule has 0 aliphatic heterocycles. The summed E-state index contributed by atoms with van der Waals surface area (Å²) in [6.45, 7) is 16.4. The van der Waals surface area contributed by atoms with E-state index >= 15 is 0 Å². The maximum atomic E-state index is 6.27. The van der Waals surface area contributed by atoms with E-state index in [1.807, 2.05) is 0 Å². The molecule has 0 aliphatic carbocycles. The lowest BCUT2D eigenvalue weighted by atomic mass is 9.85. The van der Waals surface area contributed by atoms with Gasteiger partial charge in [0.05, 0.1) is 6.04 Å². The molecular weight excluding hydrogens is 258 g/mol. The van der Waals surface area contributed by atoms with E-state index < -0.39 is 0 Å². The van der Waals surface area contributed by atoms with Crippen molar-refractivity contribution >= 4 is 11.0 Å². The number of furan rings is 1. The Morgan fingerprint density at radius 1 is 1.19 bits per heavy atom. The third-order valence-corrected chi connectivity index (χ3v) is 4.11. The van der Waals surface area contributed by atoms with Crippen LogP contribution >= 0.6 is 0 Å². The SMILES string of the molecule is CCNC(c1cc2c(C(C)C)ccc(C)c2o1)C(C)(C)C. The lowest BCUT2D eigenvalue weighted by Crippen LogP contribution is -2.31. The number of benzene rings is 1. The summed E-state index contributed by atoms with van der Waals surface area (Å²) in [5.74, 6) is 1.56. The van der Waals surface area contributed by atoms with E-state index in [1.165, 1.54) is 16.5 Å². The molecule has 0 spiro atoms. The first-order chi connectivity index (χ1) is 9.75. The largest absolute Gasteiger partial charge is 0.459 e. The van der Waals surface area contributed by atoms with Crippen molar-refractivity contribution in [3.05, 3.63) is 35.1 Å². The molecule has 0 aliphatic rings. The van der Waals surface area contributed by atoms with Gasteiger partial charge in [0, 0.05) is 5.39 Å². The molecule has 21 heavy (non-hydrogen) atoms. The van der Waals surface area contributed by atoms with Gasteiger partial charge in [0.25, 0.3) is 0 Å². The Morgan fingerprint density at radius 3 is 2.38 bits per heavy atom. The molecule has 116 valence electrons. The Hall–Kier alpha value is -1.28. The summed E-state index contributed by atoms with van der Waals surface area (Å²) in [5.41, 5.74) is 3.75. The quantitative estimate of drug-likeness (QED) is 0.796. The van der Waals surface area contributed by atoms with Crippen LogP contribution < -0.4 is 5.32 Å². The van der Waals surface area contributed by atoms with Gasteiger partial charge in [0.1, 0.15) is 11.3 Å². The second-order valence-electron chi connectivity index (χ2n) is 7.37. The minimum atomic E-state index is 0.121. The van der Waals surface area contributed by atoms with E-state index in [-0.39, 0.29) is 11.5 Å². The first kappa shape index (κ1) is 16.1. The van der Waals surface area contributed by atoms with E-state index in [0.29, 0.717) is 5.92 Å². The molecule has 0 saturated heterocycles. The Labute approximate surface area is 128 Å². The molecule has 1 N–H and O–H groups in total. The molecule has 1 atom stereocenters. The Balaban J connectivity index is 2.60. The van der Waals surface area contributed by atoms with Gasteiger partial charge in [-0.3, -0.25) is 0 Å². The van der Waals surface area contributed by atoms with Gasteiger partial charge in [-0.05, 0) is 42.0 Å². The van der Waals surface area contributed by atoms with Crippen molar-refractivity contribution in [1.82, 2.24) is 5.32 Å². The summed E-state index contributed by atoms with van der Waals surface area (Å²) in [5, 5.41) is 4.84. The summed E-state index contributed by atoms with van der Waals surface area (Å²) in [7, 11) is 0. The van der Waals surface area contributed by atoms with Crippen LogP contribution in [0.15, 0.2) is 22.6 Å². The van der Waals surface area contributed by atoms with Crippen LogP contribution in [0.3, 0.4) is 0 Å². The summed E-state index contributed by atoms with van der Waals surface area (Å²) in [6, 6.07) is 6.89. The zero-order valence-corrected chi connectivity index (χ0v) is 14.5. The molecular formula is C19H29NO. The van der Waals surface area contributed by atoms with E-state index in [1.54, 1.807) is 0 Å². The van der Waals surface area contributed by atoms with Gasteiger partial charge in [-0.15, -0.1) is 0 Å². The molecule has 1 unspecified atom stereocenters. The van der Waals surface area contributed by atoms with Crippen LogP contribution in [0.25, 0.3) is 11.0 Å². The van der Waals surface area contributed by atoms with Crippen molar-refractivity contribution in [3.63, 3.8) is 0 Å². The van der Waals surface area contributed by atoms with Gasteiger partial charge < -0.3 is 9.73 Å². The molecule has 0 amide bonds. The zero-order valence-electron chi connectivity index (χ0n) is 14.5. The molecule has 1 aromatic heterocycles. The average molecular weight is 287 g/mol. The van der Waals surface area contributed by atoms with Crippen LogP contribution in [-0.4, -0.2) is 6.54 Å². The zero-order chi connectivity index (χ0) is 15.8. The topological polar surface area (TPSA) is 25.2 Å². The number of fused-ring (bicyclic) bond motifs is 1. The summed E-state index contributed by atoms with van der Waals surface area (Å²) in [6.07, 6.45) is 0. The molecule has 0 bridgehead atoms. The fourth-order valence-electron chi connectivity index (χ4n) is 2.98. The second kappa shape index (κ2) is 5.84. The molecule has 2 nitrogen and oxygen atoms in total. The molecule has 0 saturated carbocycles. The molecule has 0 fully saturated rings. The minimum absolute atomic E-state index is 0.121. The van der Waals surface area contributed by atoms with Crippen molar-refractivity contribution in [1.29, 1.82) is 0 Å². The molecule has 1 heterocycles. The monoisotopic (exact) mass is 287 g/mol. The minimum Gasteiger partial charge on any atom is -0.459 e. The van der Waals surface area contributed by atoms with Gasteiger partial charge in [-0.1, -0.05) is 53.7 Å². The van der Waals surface area contributed by atoms with Gasteiger partial charge in [-0.2, -0.15) is 0 Å². The van der Waals surface area contributed by atoms with Gasteiger partial charge in [0.15, 0.2) is 0 Å². The van der Waals surface area contributed by atoms with E-state index in [4.69, 9.17) is 4.42 Å².